The van der Waals surface area contributed by atoms with E-state index in [-0.39, 0.29) is 24.8 Å². The Morgan fingerprint density at radius 3 is 2.94 bits per heavy atom. The summed E-state index contributed by atoms with van der Waals surface area (Å²) in [5.74, 6) is 0.614. The van der Waals surface area contributed by atoms with E-state index >= 15 is 0 Å². The molecular weight excluding hydrogens is 438 g/mol. The van der Waals surface area contributed by atoms with Gasteiger partial charge in [0.05, 0.1) is 25.5 Å². The largest absolute Gasteiger partial charge is 0.496 e. The maximum absolute atomic E-state index is 12.7. The first-order valence-electron chi connectivity index (χ1n) is 10.7. The lowest BCUT2D eigenvalue weighted by molar-refractivity contribution is -0.132. The van der Waals surface area contributed by atoms with Crippen LogP contribution in [0, 0.1) is 18.3 Å². The average molecular weight is 464 g/mol. The molecule has 0 fully saturated rings. The van der Waals surface area contributed by atoms with E-state index in [0.717, 1.165) is 27.3 Å². The van der Waals surface area contributed by atoms with Crippen molar-refractivity contribution in [3.05, 3.63) is 64.1 Å². The van der Waals surface area contributed by atoms with Crippen molar-refractivity contribution in [2.24, 2.45) is 0 Å². The van der Waals surface area contributed by atoms with Crippen LogP contribution < -0.4 is 10.1 Å². The number of fused-ring (bicyclic) bond motifs is 1. The molecule has 8 nitrogen and oxygen atoms in total. The van der Waals surface area contributed by atoms with Gasteiger partial charge < -0.3 is 19.5 Å². The number of nitrogens with one attached hydrogen (secondary N) is 1. The Balaban J connectivity index is 1.42. The molecule has 0 saturated carbocycles. The number of hydrogen-bond donors (Lipinski definition) is 1. The van der Waals surface area contributed by atoms with Gasteiger partial charge in [-0.15, -0.1) is 11.3 Å². The van der Waals surface area contributed by atoms with Gasteiger partial charge in [-0.25, -0.2) is 4.98 Å². The zero-order chi connectivity index (χ0) is 23.4. The Kier molecular flexibility index (Phi) is 6.75. The number of hydrogen-bond acceptors (Lipinski definition) is 6. The maximum Gasteiger partial charge on any atom is 0.242 e. The van der Waals surface area contributed by atoms with Crippen LogP contribution in [-0.4, -0.2) is 39.9 Å². The maximum atomic E-state index is 12.7. The third kappa shape index (κ3) is 5.07. The number of anilines is 1. The number of nitrogens with zero attached hydrogens (tertiary/aromatic N) is 4. The molecule has 0 spiro atoms. The van der Waals surface area contributed by atoms with Crippen molar-refractivity contribution in [2.45, 2.75) is 39.3 Å². The number of amides is 2. The van der Waals surface area contributed by atoms with Gasteiger partial charge in [-0.1, -0.05) is 17.7 Å². The van der Waals surface area contributed by atoms with E-state index < -0.39 is 0 Å². The topological polar surface area (TPSA) is 100 Å². The molecule has 170 valence electrons. The van der Waals surface area contributed by atoms with Crippen molar-refractivity contribution in [1.29, 1.82) is 5.26 Å². The normalized spacial score (nSPS) is 12.7. The molecule has 1 aliphatic heterocycles. The lowest BCUT2D eigenvalue weighted by Crippen LogP contribution is -2.37. The number of carbonyl (C=O) groups excluding carboxylic acids is 2. The molecule has 1 N–H and O–H groups in total. The number of methoxy groups -OCH3 is 1. The molecule has 33 heavy (non-hydrogen) atoms. The summed E-state index contributed by atoms with van der Waals surface area (Å²) in [6.45, 7) is 3.23. The van der Waals surface area contributed by atoms with Crippen molar-refractivity contribution in [3.63, 3.8) is 0 Å². The lowest BCUT2D eigenvalue weighted by atomic mass is 10.0. The minimum Gasteiger partial charge on any atom is -0.496 e. The highest BCUT2D eigenvalue weighted by atomic mass is 32.1. The summed E-state index contributed by atoms with van der Waals surface area (Å²) < 4.78 is 7.13. The molecular formula is C24H25N5O3S. The van der Waals surface area contributed by atoms with Crippen LogP contribution in [0.3, 0.4) is 0 Å². The van der Waals surface area contributed by atoms with Crippen LogP contribution in [0.5, 0.6) is 5.75 Å². The molecule has 0 saturated heterocycles. The van der Waals surface area contributed by atoms with Gasteiger partial charge >= 0.3 is 0 Å². The third-order valence-corrected chi connectivity index (χ3v) is 6.84. The first-order valence-corrected chi connectivity index (χ1v) is 11.5. The van der Waals surface area contributed by atoms with E-state index in [1.54, 1.807) is 35.3 Å². The zero-order valence-corrected chi connectivity index (χ0v) is 19.4. The zero-order valence-electron chi connectivity index (χ0n) is 18.6. The van der Waals surface area contributed by atoms with E-state index in [9.17, 15) is 14.9 Å². The van der Waals surface area contributed by atoms with Crippen LogP contribution in [0.15, 0.2) is 36.9 Å². The van der Waals surface area contributed by atoms with Gasteiger partial charge in [-0.2, -0.15) is 5.26 Å². The molecule has 3 heterocycles. The highest BCUT2D eigenvalue weighted by Crippen LogP contribution is 2.37. The molecule has 0 radical (unpaired) electrons. The van der Waals surface area contributed by atoms with Gasteiger partial charge in [-0.05, 0) is 37.0 Å². The molecule has 3 aromatic rings. The molecule has 0 bridgehead atoms. The van der Waals surface area contributed by atoms with Crippen LogP contribution in [0.2, 0.25) is 0 Å². The second kappa shape index (κ2) is 9.88. The summed E-state index contributed by atoms with van der Waals surface area (Å²) in [5.41, 5.74) is 3.53. The second-order valence-electron chi connectivity index (χ2n) is 7.98. The van der Waals surface area contributed by atoms with Crippen LogP contribution >= 0.6 is 11.3 Å². The number of imidazole rings is 1. The number of ether oxygens (including phenoxy) is 1. The second-order valence-corrected chi connectivity index (χ2v) is 9.09. The molecule has 4 rings (SSSR count). The molecule has 2 amide bonds. The number of aryl methyl sites for hydroxylation is 2. The predicted molar refractivity (Wildman–Crippen MR) is 125 cm³/mol. The molecule has 1 aliphatic rings. The number of rotatable bonds is 7. The molecule has 0 aliphatic carbocycles. The van der Waals surface area contributed by atoms with E-state index in [4.69, 9.17) is 4.74 Å². The monoisotopic (exact) mass is 463 g/mol. The van der Waals surface area contributed by atoms with E-state index in [1.807, 2.05) is 25.1 Å². The van der Waals surface area contributed by atoms with E-state index in [1.165, 1.54) is 11.3 Å². The minimum absolute atomic E-state index is 0.00300. The number of benzene rings is 1. The summed E-state index contributed by atoms with van der Waals surface area (Å²) in [6, 6.07) is 8.15. The van der Waals surface area contributed by atoms with Crippen LogP contribution in [0.25, 0.3) is 0 Å². The predicted octanol–water partition coefficient (Wildman–Crippen LogP) is 3.29. The first-order chi connectivity index (χ1) is 16.0. The number of nitriles is 1. The highest BCUT2D eigenvalue weighted by Gasteiger charge is 2.27. The standard InChI is InChI=1S/C24H25N5O3S/c1-16-3-5-20(32-2)17(11-16)4-6-22(30)27-24-19(12-25)18-7-9-29(13-21(18)33-24)23(31)14-28-10-8-26-15-28/h3,5,8,10-11,15H,4,6-7,9,13-14H2,1-2H3,(H,27,30). The van der Waals surface area contributed by atoms with Gasteiger partial charge in [0, 0.05) is 30.2 Å². The number of thiophene rings is 1. The van der Waals surface area contributed by atoms with Crippen molar-refractivity contribution in [3.8, 4) is 11.8 Å². The molecule has 0 unspecified atom stereocenters. The van der Waals surface area contributed by atoms with Crippen LogP contribution in [0.4, 0.5) is 5.00 Å². The molecule has 1 aromatic carbocycles. The number of carbonyl (C=O) groups is 2. The Morgan fingerprint density at radius 1 is 1.36 bits per heavy atom. The van der Waals surface area contributed by atoms with Gasteiger partial charge in [0.2, 0.25) is 11.8 Å². The fourth-order valence-corrected chi connectivity index (χ4v) is 5.23. The molecule has 0 atom stereocenters. The number of aromatic nitrogens is 2. The van der Waals surface area contributed by atoms with Gasteiger partial charge in [0.15, 0.2) is 0 Å². The van der Waals surface area contributed by atoms with Crippen LogP contribution in [0.1, 0.15) is 33.6 Å². The summed E-state index contributed by atoms with van der Waals surface area (Å²) in [7, 11) is 1.62. The van der Waals surface area contributed by atoms with E-state index in [2.05, 4.69) is 16.4 Å². The SMILES string of the molecule is COc1ccc(C)cc1CCC(=O)Nc1sc2c(c1C#N)CCN(C(=O)Cn1ccnc1)C2. The Hall–Kier alpha value is -3.64. The highest BCUT2D eigenvalue weighted by molar-refractivity contribution is 7.16. The smallest absolute Gasteiger partial charge is 0.242 e. The van der Waals surface area contributed by atoms with Gasteiger partial charge in [-0.3, -0.25) is 9.59 Å². The van der Waals surface area contributed by atoms with Gasteiger partial charge in [0.1, 0.15) is 23.4 Å². The summed E-state index contributed by atoms with van der Waals surface area (Å²) in [6.07, 6.45) is 6.44. The fourth-order valence-electron chi connectivity index (χ4n) is 4.00. The van der Waals surface area contributed by atoms with Crippen molar-refractivity contribution >= 4 is 28.2 Å². The van der Waals surface area contributed by atoms with Crippen molar-refractivity contribution < 1.29 is 14.3 Å². The van der Waals surface area contributed by atoms with Crippen LogP contribution in [-0.2, 0) is 35.5 Å². The molecule has 2 aromatic heterocycles. The van der Waals surface area contributed by atoms with E-state index in [0.29, 0.717) is 36.5 Å². The first kappa shape index (κ1) is 22.6. The summed E-state index contributed by atoms with van der Waals surface area (Å²) in [5, 5.41) is 13.2. The third-order valence-electron chi connectivity index (χ3n) is 5.71. The molecule has 9 heteroatoms. The van der Waals surface area contributed by atoms with Gasteiger partial charge in [0.25, 0.3) is 0 Å². The fraction of sp³-hybridized carbons (Fsp3) is 0.333. The lowest BCUT2D eigenvalue weighted by Gasteiger charge is -2.27. The average Bonchev–Trinajstić information content (AvgIpc) is 3.44. The summed E-state index contributed by atoms with van der Waals surface area (Å²) in [4.78, 5) is 32.0. The quantitative estimate of drug-likeness (QED) is 0.580. The summed E-state index contributed by atoms with van der Waals surface area (Å²) >= 11 is 1.38. The van der Waals surface area contributed by atoms with Crippen molar-refractivity contribution in [1.82, 2.24) is 14.5 Å². The Bertz CT molecular complexity index is 1210. The Morgan fingerprint density at radius 2 is 2.21 bits per heavy atom. The minimum atomic E-state index is -0.151. The Labute approximate surface area is 196 Å². The van der Waals surface area contributed by atoms with Crippen molar-refractivity contribution in [2.75, 3.05) is 19.0 Å².